The van der Waals surface area contributed by atoms with Crippen molar-refractivity contribution in [3.05, 3.63) is 41.7 Å². The van der Waals surface area contributed by atoms with Gasteiger partial charge in [-0.2, -0.15) is 5.10 Å². The second-order valence-electron chi connectivity index (χ2n) is 3.41. The number of H-pyrrole nitrogens is 1. The van der Waals surface area contributed by atoms with Crippen molar-refractivity contribution >= 4 is 5.69 Å². The fraction of sp³-hybridized carbons (Fsp3) is 0.182. The van der Waals surface area contributed by atoms with E-state index in [1.54, 1.807) is 6.20 Å². The number of nitrogen functional groups attached to an aromatic ring is 1. The fourth-order valence-corrected chi connectivity index (χ4v) is 1.30. The summed E-state index contributed by atoms with van der Waals surface area (Å²) in [5.41, 5.74) is 8.26. The molecule has 0 saturated heterocycles. The summed E-state index contributed by atoms with van der Waals surface area (Å²) >= 11 is 0. The van der Waals surface area contributed by atoms with Gasteiger partial charge in [0.1, 0.15) is 12.4 Å². The molecule has 78 valence electrons. The summed E-state index contributed by atoms with van der Waals surface area (Å²) in [6.07, 6.45) is 1.58. The lowest BCUT2D eigenvalue weighted by Crippen LogP contribution is -1.99. The van der Waals surface area contributed by atoms with E-state index in [2.05, 4.69) is 10.2 Å². The minimum atomic E-state index is 0.412. The monoisotopic (exact) mass is 203 g/mol. The highest BCUT2D eigenvalue weighted by molar-refractivity contribution is 5.39. The van der Waals surface area contributed by atoms with Crippen molar-refractivity contribution in [1.29, 1.82) is 0 Å². The van der Waals surface area contributed by atoms with Gasteiger partial charge in [-0.15, -0.1) is 0 Å². The van der Waals surface area contributed by atoms with Gasteiger partial charge in [0.05, 0.1) is 17.6 Å². The number of aryl methyl sites for hydroxylation is 1. The van der Waals surface area contributed by atoms with E-state index in [9.17, 15) is 0 Å². The number of rotatable bonds is 3. The van der Waals surface area contributed by atoms with Crippen LogP contribution in [0.2, 0.25) is 0 Å². The Hall–Kier alpha value is -1.97. The molecule has 0 spiro atoms. The highest BCUT2D eigenvalue weighted by Crippen LogP contribution is 2.15. The lowest BCUT2D eigenvalue weighted by atomic mass is 10.2. The molecule has 15 heavy (non-hydrogen) atoms. The average Bonchev–Trinajstić information content (AvgIpc) is 2.61. The second kappa shape index (κ2) is 4.04. The fourth-order valence-electron chi connectivity index (χ4n) is 1.30. The van der Waals surface area contributed by atoms with Crippen molar-refractivity contribution < 1.29 is 4.74 Å². The molecule has 0 radical (unpaired) electrons. The van der Waals surface area contributed by atoms with Gasteiger partial charge in [-0.3, -0.25) is 5.10 Å². The number of nitrogens with zero attached hydrogens (tertiary/aromatic N) is 1. The maximum atomic E-state index is 5.66. The predicted molar refractivity (Wildman–Crippen MR) is 58.5 cm³/mol. The van der Waals surface area contributed by atoms with Gasteiger partial charge in [-0.1, -0.05) is 12.1 Å². The van der Waals surface area contributed by atoms with E-state index in [1.165, 1.54) is 5.56 Å². The molecule has 0 aliphatic heterocycles. The van der Waals surface area contributed by atoms with Crippen molar-refractivity contribution in [1.82, 2.24) is 10.2 Å². The van der Waals surface area contributed by atoms with Crippen LogP contribution in [0.25, 0.3) is 0 Å². The lowest BCUT2D eigenvalue weighted by Gasteiger charge is -2.05. The second-order valence-corrected chi connectivity index (χ2v) is 3.41. The third-order valence-corrected chi connectivity index (χ3v) is 2.12. The van der Waals surface area contributed by atoms with Gasteiger partial charge < -0.3 is 10.5 Å². The van der Waals surface area contributed by atoms with Crippen molar-refractivity contribution in [3.63, 3.8) is 0 Å². The van der Waals surface area contributed by atoms with Crippen LogP contribution in [-0.4, -0.2) is 10.2 Å². The molecule has 0 amide bonds. The van der Waals surface area contributed by atoms with E-state index < -0.39 is 0 Å². The van der Waals surface area contributed by atoms with Crippen LogP contribution in [0.5, 0.6) is 5.75 Å². The molecule has 4 nitrogen and oxygen atoms in total. The number of anilines is 1. The number of nitrogens with one attached hydrogen (secondary N) is 1. The minimum absolute atomic E-state index is 0.412. The Bertz CT molecular complexity index is 451. The molecule has 0 fully saturated rings. The Morgan fingerprint density at radius 3 is 3.00 bits per heavy atom. The zero-order valence-electron chi connectivity index (χ0n) is 8.53. The highest BCUT2D eigenvalue weighted by atomic mass is 16.5. The Kier molecular flexibility index (Phi) is 2.58. The molecule has 0 saturated carbocycles. The van der Waals surface area contributed by atoms with Crippen molar-refractivity contribution in [2.45, 2.75) is 13.5 Å². The van der Waals surface area contributed by atoms with Gasteiger partial charge in [-0.25, -0.2) is 0 Å². The summed E-state index contributed by atoms with van der Waals surface area (Å²) in [6.45, 7) is 2.44. The third kappa shape index (κ3) is 2.28. The number of benzene rings is 1. The summed E-state index contributed by atoms with van der Waals surface area (Å²) in [4.78, 5) is 0. The molecule has 1 heterocycles. The largest absolute Gasteiger partial charge is 0.487 e. The van der Waals surface area contributed by atoms with E-state index in [-0.39, 0.29) is 0 Å². The first kappa shape index (κ1) is 9.58. The van der Waals surface area contributed by atoms with Crippen LogP contribution in [0.15, 0.2) is 30.5 Å². The van der Waals surface area contributed by atoms with Crippen LogP contribution in [0.1, 0.15) is 11.3 Å². The molecule has 0 unspecified atom stereocenters. The smallest absolute Gasteiger partial charge is 0.132 e. The van der Waals surface area contributed by atoms with Gasteiger partial charge in [0.2, 0.25) is 0 Å². The highest BCUT2D eigenvalue weighted by Gasteiger charge is 2.01. The standard InChI is InChI=1S/C11H13N3O/c1-8-3-2-4-9(5-8)15-7-11-10(12)6-13-14-11/h2-6H,7,12H2,1H3,(H,13,14). The Morgan fingerprint density at radius 1 is 1.47 bits per heavy atom. The third-order valence-electron chi connectivity index (χ3n) is 2.12. The number of nitrogens with two attached hydrogens (primary N) is 1. The maximum absolute atomic E-state index is 5.66. The topological polar surface area (TPSA) is 63.9 Å². The Labute approximate surface area is 88.1 Å². The Morgan fingerprint density at radius 2 is 2.33 bits per heavy atom. The number of hydrogen-bond acceptors (Lipinski definition) is 3. The van der Waals surface area contributed by atoms with E-state index in [4.69, 9.17) is 10.5 Å². The summed E-state index contributed by atoms with van der Waals surface area (Å²) < 4.78 is 5.56. The molecule has 4 heteroatoms. The van der Waals surface area contributed by atoms with E-state index in [1.807, 2.05) is 31.2 Å². The Balaban J connectivity index is 2.02. The molecule has 1 aromatic heterocycles. The van der Waals surface area contributed by atoms with Crippen LogP contribution in [0.3, 0.4) is 0 Å². The number of aromatic amines is 1. The van der Waals surface area contributed by atoms with Crippen LogP contribution >= 0.6 is 0 Å². The quantitative estimate of drug-likeness (QED) is 0.800. The average molecular weight is 203 g/mol. The molecule has 0 aliphatic rings. The van der Waals surface area contributed by atoms with Gasteiger partial charge in [-0.05, 0) is 24.6 Å². The number of aromatic nitrogens is 2. The van der Waals surface area contributed by atoms with Crippen LogP contribution in [0.4, 0.5) is 5.69 Å². The van der Waals surface area contributed by atoms with Crippen molar-refractivity contribution in [2.75, 3.05) is 5.73 Å². The van der Waals surface area contributed by atoms with Crippen molar-refractivity contribution in [3.8, 4) is 5.75 Å². The van der Waals surface area contributed by atoms with Gasteiger partial charge >= 0.3 is 0 Å². The van der Waals surface area contributed by atoms with Gasteiger partial charge in [0.25, 0.3) is 0 Å². The molecule has 2 aromatic rings. The zero-order chi connectivity index (χ0) is 10.7. The van der Waals surface area contributed by atoms with Crippen LogP contribution < -0.4 is 10.5 Å². The SMILES string of the molecule is Cc1cccc(OCc2[nH]ncc2N)c1. The predicted octanol–water partition coefficient (Wildman–Crippen LogP) is 1.88. The summed E-state index contributed by atoms with van der Waals surface area (Å²) in [6, 6.07) is 7.88. The van der Waals surface area contributed by atoms with Crippen LogP contribution in [-0.2, 0) is 6.61 Å². The number of ether oxygens (including phenoxy) is 1. The van der Waals surface area contributed by atoms with E-state index in [0.29, 0.717) is 12.3 Å². The first-order chi connectivity index (χ1) is 7.25. The first-order valence-electron chi connectivity index (χ1n) is 4.73. The molecular weight excluding hydrogens is 190 g/mol. The molecule has 1 aromatic carbocycles. The molecule has 0 atom stereocenters. The first-order valence-corrected chi connectivity index (χ1v) is 4.73. The van der Waals surface area contributed by atoms with Crippen molar-refractivity contribution in [2.24, 2.45) is 0 Å². The number of hydrogen-bond donors (Lipinski definition) is 2. The summed E-state index contributed by atoms with van der Waals surface area (Å²) in [5.74, 6) is 0.837. The molecule has 3 N–H and O–H groups in total. The van der Waals surface area contributed by atoms with Gasteiger partial charge in [0, 0.05) is 0 Å². The van der Waals surface area contributed by atoms with E-state index in [0.717, 1.165) is 11.4 Å². The summed E-state index contributed by atoms with van der Waals surface area (Å²) in [5, 5.41) is 6.61. The lowest BCUT2D eigenvalue weighted by molar-refractivity contribution is 0.301. The molecular formula is C11H13N3O. The minimum Gasteiger partial charge on any atom is -0.487 e. The maximum Gasteiger partial charge on any atom is 0.132 e. The molecule has 0 bridgehead atoms. The zero-order valence-corrected chi connectivity index (χ0v) is 8.53. The molecule has 2 rings (SSSR count). The normalized spacial score (nSPS) is 10.2. The van der Waals surface area contributed by atoms with Crippen LogP contribution in [0, 0.1) is 6.92 Å². The molecule has 0 aliphatic carbocycles. The van der Waals surface area contributed by atoms with E-state index >= 15 is 0 Å². The summed E-state index contributed by atoms with van der Waals surface area (Å²) in [7, 11) is 0. The van der Waals surface area contributed by atoms with Gasteiger partial charge in [0.15, 0.2) is 0 Å².